The molecule has 0 aliphatic rings. The maximum atomic E-state index is 11.7. The Morgan fingerprint density at radius 2 is 1.96 bits per heavy atom. The molecule has 0 spiro atoms. The van der Waals surface area contributed by atoms with E-state index in [4.69, 9.17) is 4.74 Å². The number of nitrogens with zero attached hydrogens (tertiary/aromatic N) is 1. The van der Waals surface area contributed by atoms with E-state index >= 15 is 0 Å². The van der Waals surface area contributed by atoms with Gasteiger partial charge in [-0.15, -0.1) is 11.8 Å². The largest absolute Gasteiger partial charge is 0.455 e. The highest BCUT2D eigenvalue weighted by Gasteiger charge is 2.14. The Hall–Kier alpha value is -2.02. The van der Waals surface area contributed by atoms with Gasteiger partial charge in [-0.3, -0.25) is 14.4 Å². The van der Waals surface area contributed by atoms with Crippen molar-refractivity contribution in [2.75, 3.05) is 33.0 Å². The molecule has 0 unspecified atom stereocenters. The first-order valence-corrected chi connectivity index (χ1v) is 8.12. The first-order valence-electron chi connectivity index (χ1n) is 7.13. The molecule has 6 nitrogen and oxygen atoms in total. The van der Waals surface area contributed by atoms with Gasteiger partial charge in [0.15, 0.2) is 6.61 Å². The Morgan fingerprint density at radius 3 is 2.57 bits per heavy atom. The molecule has 2 amide bonds. The third kappa shape index (κ3) is 6.73. The topological polar surface area (TPSA) is 75.7 Å². The average molecular weight is 338 g/mol. The fourth-order valence-electron chi connectivity index (χ4n) is 1.77. The minimum Gasteiger partial charge on any atom is -0.455 e. The van der Waals surface area contributed by atoms with Crippen LogP contribution in [0.15, 0.2) is 23.1 Å². The van der Waals surface area contributed by atoms with Crippen LogP contribution in [0.25, 0.3) is 0 Å². The van der Waals surface area contributed by atoms with Crippen molar-refractivity contribution in [1.29, 1.82) is 0 Å². The van der Waals surface area contributed by atoms with Crippen molar-refractivity contribution in [2.24, 2.45) is 0 Å². The molecule has 0 aliphatic heterocycles. The van der Waals surface area contributed by atoms with Crippen molar-refractivity contribution in [1.82, 2.24) is 10.2 Å². The minimum absolute atomic E-state index is 0.0653. The monoisotopic (exact) mass is 338 g/mol. The Labute approximate surface area is 140 Å². The van der Waals surface area contributed by atoms with E-state index in [0.29, 0.717) is 0 Å². The first-order chi connectivity index (χ1) is 10.8. The second-order valence-electron chi connectivity index (χ2n) is 5.14. The minimum atomic E-state index is -0.461. The molecule has 0 radical (unpaired) electrons. The predicted octanol–water partition coefficient (Wildman–Crippen LogP) is 1.14. The number of ether oxygens (including phenoxy) is 1. The van der Waals surface area contributed by atoms with Gasteiger partial charge < -0.3 is 15.0 Å². The molecule has 1 aromatic rings. The summed E-state index contributed by atoms with van der Waals surface area (Å²) in [5.74, 6) is -1.02. The van der Waals surface area contributed by atoms with Gasteiger partial charge in [0.05, 0.1) is 12.3 Å². The highest BCUT2D eigenvalue weighted by Crippen LogP contribution is 2.23. The van der Waals surface area contributed by atoms with Crippen LogP contribution in [0.3, 0.4) is 0 Å². The highest BCUT2D eigenvalue weighted by molar-refractivity contribution is 8.00. The molecular weight excluding hydrogens is 316 g/mol. The van der Waals surface area contributed by atoms with Gasteiger partial charge in [0.2, 0.25) is 5.91 Å². The molecule has 1 aromatic carbocycles. The van der Waals surface area contributed by atoms with Crippen molar-refractivity contribution in [3.63, 3.8) is 0 Å². The molecule has 0 atom stereocenters. The highest BCUT2D eigenvalue weighted by atomic mass is 32.2. The quantitative estimate of drug-likeness (QED) is 0.596. The number of amides is 2. The second-order valence-corrected chi connectivity index (χ2v) is 6.16. The number of carbonyl (C=O) groups is 3. The first kappa shape index (κ1) is 19.0. The van der Waals surface area contributed by atoms with Gasteiger partial charge in [0.1, 0.15) is 0 Å². The van der Waals surface area contributed by atoms with Gasteiger partial charge in [-0.1, -0.05) is 17.7 Å². The van der Waals surface area contributed by atoms with Gasteiger partial charge in [0, 0.05) is 19.0 Å². The molecule has 0 bridgehead atoms. The molecule has 0 aromatic heterocycles. The lowest BCUT2D eigenvalue weighted by Crippen LogP contribution is -2.39. The summed E-state index contributed by atoms with van der Waals surface area (Å²) in [6.07, 6.45) is 0. The Balaban J connectivity index is 2.36. The number of aryl methyl sites for hydroxylation is 2. The van der Waals surface area contributed by atoms with Gasteiger partial charge in [0.25, 0.3) is 5.91 Å². The van der Waals surface area contributed by atoms with E-state index in [9.17, 15) is 14.4 Å². The third-order valence-corrected chi connectivity index (χ3v) is 4.27. The van der Waals surface area contributed by atoms with E-state index < -0.39 is 11.9 Å². The lowest BCUT2D eigenvalue weighted by Gasteiger charge is -2.15. The summed E-state index contributed by atoms with van der Waals surface area (Å²) in [5, 5.41) is 2.42. The summed E-state index contributed by atoms with van der Waals surface area (Å²) in [5.41, 5.74) is 2.27. The summed E-state index contributed by atoms with van der Waals surface area (Å²) in [6, 6.07) is 5.99. The average Bonchev–Trinajstić information content (AvgIpc) is 2.51. The Bertz CT molecular complexity index is 589. The molecule has 126 valence electrons. The molecule has 0 aliphatic carbocycles. The van der Waals surface area contributed by atoms with E-state index in [1.54, 1.807) is 0 Å². The molecule has 23 heavy (non-hydrogen) atoms. The molecule has 0 heterocycles. The van der Waals surface area contributed by atoms with Crippen LogP contribution in [-0.2, 0) is 19.1 Å². The standard InChI is InChI=1S/C16H22N2O4S/c1-11-5-6-13(12(2)7-11)23-10-16(21)22-9-15(20)18(4)8-14(19)17-3/h5-7H,8-10H2,1-4H3,(H,17,19). The third-order valence-electron chi connectivity index (χ3n) is 3.12. The molecule has 0 saturated heterocycles. The van der Waals surface area contributed by atoms with Crippen LogP contribution in [0.5, 0.6) is 0 Å². The Morgan fingerprint density at radius 1 is 1.26 bits per heavy atom. The molecule has 0 fully saturated rings. The van der Waals surface area contributed by atoms with Crippen LogP contribution in [0, 0.1) is 13.8 Å². The number of esters is 1. The summed E-state index contributed by atoms with van der Waals surface area (Å²) >= 11 is 1.37. The van der Waals surface area contributed by atoms with Gasteiger partial charge in [-0.2, -0.15) is 0 Å². The van der Waals surface area contributed by atoms with E-state index in [1.165, 1.54) is 36.3 Å². The van der Waals surface area contributed by atoms with E-state index in [-0.39, 0.29) is 24.8 Å². The number of rotatable bonds is 7. The van der Waals surface area contributed by atoms with Crippen LogP contribution in [-0.4, -0.2) is 55.7 Å². The van der Waals surface area contributed by atoms with Crippen molar-refractivity contribution in [2.45, 2.75) is 18.7 Å². The fraction of sp³-hybridized carbons (Fsp3) is 0.438. The molecule has 1 rings (SSSR count). The summed E-state index contributed by atoms with van der Waals surface area (Å²) in [6.45, 7) is 3.57. The zero-order chi connectivity index (χ0) is 17.4. The molecule has 7 heteroatoms. The number of likely N-dealkylation sites (N-methyl/N-ethyl adjacent to an activating group) is 2. The lowest BCUT2D eigenvalue weighted by atomic mass is 10.2. The van der Waals surface area contributed by atoms with Crippen LogP contribution < -0.4 is 5.32 Å². The maximum Gasteiger partial charge on any atom is 0.316 e. The van der Waals surface area contributed by atoms with Gasteiger partial charge >= 0.3 is 5.97 Å². The number of benzene rings is 1. The number of hydrogen-bond donors (Lipinski definition) is 1. The van der Waals surface area contributed by atoms with Crippen molar-refractivity contribution in [3.8, 4) is 0 Å². The number of thioether (sulfide) groups is 1. The fourth-order valence-corrected chi connectivity index (χ4v) is 2.58. The maximum absolute atomic E-state index is 11.7. The summed E-state index contributed by atoms with van der Waals surface area (Å²) < 4.78 is 4.94. The summed E-state index contributed by atoms with van der Waals surface area (Å²) in [4.78, 5) is 36.8. The number of nitrogens with one attached hydrogen (secondary N) is 1. The zero-order valence-corrected chi connectivity index (χ0v) is 14.7. The second kappa shape index (κ2) is 9.19. The normalized spacial score (nSPS) is 10.1. The smallest absolute Gasteiger partial charge is 0.316 e. The van der Waals surface area contributed by atoms with Crippen LogP contribution in [0.2, 0.25) is 0 Å². The Kier molecular flexibility index (Phi) is 7.61. The number of hydrogen-bond acceptors (Lipinski definition) is 5. The van der Waals surface area contributed by atoms with Crippen LogP contribution >= 0.6 is 11.8 Å². The predicted molar refractivity (Wildman–Crippen MR) is 89.3 cm³/mol. The molecule has 1 N–H and O–H groups in total. The number of carbonyl (C=O) groups excluding carboxylic acids is 3. The van der Waals surface area contributed by atoms with Crippen LogP contribution in [0.4, 0.5) is 0 Å². The SMILES string of the molecule is CNC(=O)CN(C)C(=O)COC(=O)CSc1ccc(C)cc1C. The van der Waals surface area contributed by atoms with Crippen molar-refractivity contribution < 1.29 is 19.1 Å². The van der Waals surface area contributed by atoms with E-state index in [0.717, 1.165) is 10.5 Å². The molecular formula is C16H22N2O4S. The van der Waals surface area contributed by atoms with E-state index in [1.807, 2.05) is 32.0 Å². The zero-order valence-electron chi connectivity index (χ0n) is 13.8. The van der Waals surface area contributed by atoms with Gasteiger partial charge in [-0.25, -0.2) is 0 Å². The van der Waals surface area contributed by atoms with Crippen molar-refractivity contribution in [3.05, 3.63) is 29.3 Å². The van der Waals surface area contributed by atoms with Crippen molar-refractivity contribution >= 4 is 29.5 Å². The van der Waals surface area contributed by atoms with E-state index in [2.05, 4.69) is 5.32 Å². The van der Waals surface area contributed by atoms with Crippen LogP contribution in [0.1, 0.15) is 11.1 Å². The lowest BCUT2D eigenvalue weighted by molar-refractivity contribution is -0.149. The molecule has 0 saturated carbocycles. The van der Waals surface area contributed by atoms with Gasteiger partial charge in [-0.05, 0) is 25.5 Å². The summed E-state index contributed by atoms with van der Waals surface area (Å²) in [7, 11) is 2.97.